The Bertz CT molecular complexity index is 485. The van der Waals surface area contributed by atoms with Crippen molar-refractivity contribution in [1.29, 1.82) is 0 Å². The van der Waals surface area contributed by atoms with Gasteiger partial charge in [-0.15, -0.1) is 0 Å². The molecule has 2 aliphatic carbocycles. The summed E-state index contributed by atoms with van der Waals surface area (Å²) in [7, 11) is 0. The third kappa shape index (κ3) is 2.76. The van der Waals surface area contributed by atoms with Crippen molar-refractivity contribution in [2.45, 2.75) is 63.6 Å². The third-order valence-electron chi connectivity index (χ3n) is 5.94. The van der Waals surface area contributed by atoms with E-state index in [4.69, 9.17) is 0 Å². The molecule has 1 spiro atoms. The first-order chi connectivity index (χ1) is 10.3. The molecule has 0 bridgehead atoms. The van der Waals surface area contributed by atoms with E-state index in [0.717, 1.165) is 24.3 Å². The van der Waals surface area contributed by atoms with E-state index < -0.39 is 0 Å². The predicted octanol–water partition coefficient (Wildman–Crippen LogP) is 2.19. The second-order valence-corrected chi connectivity index (χ2v) is 7.41. The number of piperazine rings is 1. The molecule has 1 unspecified atom stereocenters. The van der Waals surface area contributed by atoms with E-state index in [9.17, 15) is 0 Å². The van der Waals surface area contributed by atoms with Crippen LogP contribution < -0.4 is 5.32 Å². The van der Waals surface area contributed by atoms with Crippen molar-refractivity contribution < 1.29 is 0 Å². The molecule has 1 saturated heterocycles. The highest BCUT2D eigenvalue weighted by Gasteiger charge is 2.45. The third-order valence-corrected chi connectivity index (χ3v) is 5.94. The molecule has 21 heavy (non-hydrogen) atoms. The Hall–Kier alpha value is -0.870. The van der Waals surface area contributed by atoms with Gasteiger partial charge < -0.3 is 9.88 Å². The maximum atomic E-state index is 4.35. The van der Waals surface area contributed by atoms with Crippen LogP contribution in [0.5, 0.6) is 0 Å². The number of hydrogen-bond donors (Lipinski definition) is 1. The molecule has 2 heterocycles. The van der Waals surface area contributed by atoms with Crippen LogP contribution in [0.3, 0.4) is 0 Å². The highest BCUT2D eigenvalue weighted by atomic mass is 15.3. The van der Waals surface area contributed by atoms with Gasteiger partial charge in [0.2, 0.25) is 0 Å². The van der Waals surface area contributed by atoms with Gasteiger partial charge in [-0.1, -0.05) is 12.8 Å². The molecular weight excluding hydrogens is 260 g/mol. The van der Waals surface area contributed by atoms with Gasteiger partial charge in [-0.25, -0.2) is 4.98 Å². The van der Waals surface area contributed by atoms with E-state index in [1.807, 2.05) is 6.20 Å². The van der Waals surface area contributed by atoms with Gasteiger partial charge in [0, 0.05) is 50.2 Å². The molecule has 2 saturated carbocycles. The van der Waals surface area contributed by atoms with Crippen molar-refractivity contribution in [3.05, 3.63) is 18.2 Å². The summed E-state index contributed by atoms with van der Waals surface area (Å²) in [5.41, 5.74) is 0.440. The van der Waals surface area contributed by atoms with Crippen molar-refractivity contribution in [3.8, 4) is 0 Å². The minimum atomic E-state index is 0.440. The summed E-state index contributed by atoms with van der Waals surface area (Å²) in [4.78, 5) is 7.15. The van der Waals surface area contributed by atoms with Crippen LogP contribution in [0.2, 0.25) is 0 Å². The zero-order valence-corrected chi connectivity index (χ0v) is 13.2. The summed E-state index contributed by atoms with van der Waals surface area (Å²) < 4.78 is 2.30. The molecular formula is C17H28N4. The summed E-state index contributed by atoms with van der Waals surface area (Å²) in [6, 6.07) is 0.778. The number of nitrogens with one attached hydrogen (secondary N) is 1. The van der Waals surface area contributed by atoms with Crippen molar-refractivity contribution in [3.63, 3.8) is 0 Å². The van der Waals surface area contributed by atoms with E-state index >= 15 is 0 Å². The Morgan fingerprint density at radius 2 is 2.10 bits per heavy atom. The number of aromatic nitrogens is 2. The standard InChI is InChI=1S/C17H28N4/c1-14-18-8-9-20(14)10-11-21-13-17(6-2-3-7-17)19-12-16(21)15-4-5-15/h8-9,15-16,19H,2-7,10-13H2,1H3. The van der Waals surface area contributed by atoms with Crippen LogP contribution in [-0.4, -0.2) is 45.7 Å². The van der Waals surface area contributed by atoms with E-state index in [-0.39, 0.29) is 0 Å². The first kappa shape index (κ1) is 13.8. The van der Waals surface area contributed by atoms with Gasteiger partial charge >= 0.3 is 0 Å². The average Bonchev–Trinajstić information content (AvgIpc) is 3.10. The van der Waals surface area contributed by atoms with Crippen LogP contribution in [-0.2, 0) is 6.54 Å². The van der Waals surface area contributed by atoms with Gasteiger partial charge in [0.1, 0.15) is 5.82 Å². The van der Waals surface area contributed by atoms with Crippen molar-refractivity contribution >= 4 is 0 Å². The lowest BCUT2D eigenvalue weighted by molar-refractivity contribution is 0.0661. The molecule has 4 heteroatoms. The Labute approximate surface area is 127 Å². The second kappa shape index (κ2) is 5.40. The highest BCUT2D eigenvalue weighted by molar-refractivity contribution is 5.04. The maximum Gasteiger partial charge on any atom is 0.105 e. The maximum absolute atomic E-state index is 4.35. The number of rotatable bonds is 4. The quantitative estimate of drug-likeness (QED) is 0.922. The van der Waals surface area contributed by atoms with Crippen LogP contribution in [0.4, 0.5) is 0 Å². The van der Waals surface area contributed by atoms with Gasteiger partial charge in [-0.2, -0.15) is 0 Å². The van der Waals surface area contributed by atoms with E-state index in [1.165, 1.54) is 58.2 Å². The van der Waals surface area contributed by atoms with Gasteiger partial charge in [0.15, 0.2) is 0 Å². The van der Waals surface area contributed by atoms with Gasteiger partial charge in [0.25, 0.3) is 0 Å². The first-order valence-corrected chi connectivity index (χ1v) is 8.73. The monoisotopic (exact) mass is 288 g/mol. The second-order valence-electron chi connectivity index (χ2n) is 7.41. The van der Waals surface area contributed by atoms with Gasteiger partial charge in [0.05, 0.1) is 0 Å². The molecule has 0 amide bonds. The number of imidazole rings is 1. The smallest absolute Gasteiger partial charge is 0.105 e. The molecule has 0 radical (unpaired) electrons. The van der Waals surface area contributed by atoms with E-state index in [0.29, 0.717) is 5.54 Å². The summed E-state index contributed by atoms with van der Waals surface area (Å²) in [6.07, 6.45) is 12.5. The normalized spacial score (nSPS) is 29.3. The summed E-state index contributed by atoms with van der Waals surface area (Å²) >= 11 is 0. The molecule has 4 rings (SSSR count). The lowest BCUT2D eigenvalue weighted by Gasteiger charge is -2.47. The molecule has 4 nitrogen and oxygen atoms in total. The fraction of sp³-hybridized carbons (Fsp3) is 0.824. The Morgan fingerprint density at radius 3 is 2.76 bits per heavy atom. The van der Waals surface area contributed by atoms with Crippen molar-refractivity contribution in [1.82, 2.24) is 19.8 Å². The Morgan fingerprint density at radius 1 is 1.29 bits per heavy atom. The van der Waals surface area contributed by atoms with Crippen LogP contribution in [0, 0.1) is 12.8 Å². The minimum Gasteiger partial charge on any atom is -0.334 e. The zero-order chi connectivity index (χ0) is 14.3. The fourth-order valence-corrected chi connectivity index (χ4v) is 4.47. The fourth-order valence-electron chi connectivity index (χ4n) is 4.47. The average molecular weight is 288 g/mol. The number of hydrogen-bond acceptors (Lipinski definition) is 3. The van der Waals surface area contributed by atoms with E-state index in [2.05, 4.69) is 32.9 Å². The lowest BCUT2D eigenvalue weighted by Crippen LogP contribution is -2.64. The molecule has 116 valence electrons. The Kier molecular flexibility index (Phi) is 3.54. The van der Waals surface area contributed by atoms with E-state index in [1.54, 1.807) is 0 Å². The molecule has 0 aromatic carbocycles. The van der Waals surface area contributed by atoms with Crippen molar-refractivity contribution in [2.75, 3.05) is 19.6 Å². The minimum absolute atomic E-state index is 0.440. The zero-order valence-electron chi connectivity index (χ0n) is 13.2. The molecule has 1 atom stereocenters. The summed E-state index contributed by atoms with van der Waals surface area (Å²) in [6.45, 7) is 6.86. The van der Waals surface area contributed by atoms with Gasteiger partial charge in [-0.3, -0.25) is 4.90 Å². The molecule has 3 fully saturated rings. The molecule has 1 aromatic heterocycles. The number of nitrogens with zero attached hydrogens (tertiary/aromatic N) is 3. The van der Waals surface area contributed by atoms with Crippen LogP contribution >= 0.6 is 0 Å². The predicted molar refractivity (Wildman–Crippen MR) is 84.3 cm³/mol. The SMILES string of the molecule is Cc1nccn1CCN1CC2(CCCC2)NCC1C1CC1. The van der Waals surface area contributed by atoms with Crippen molar-refractivity contribution in [2.24, 2.45) is 5.92 Å². The molecule has 1 aliphatic heterocycles. The highest BCUT2D eigenvalue weighted by Crippen LogP contribution is 2.40. The topological polar surface area (TPSA) is 33.1 Å². The van der Waals surface area contributed by atoms with Crippen LogP contribution in [0.15, 0.2) is 12.4 Å². The first-order valence-electron chi connectivity index (χ1n) is 8.73. The Balaban J connectivity index is 1.44. The lowest BCUT2D eigenvalue weighted by atomic mass is 9.91. The number of aryl methyl sites for hydroxylation is 1. The largest absolute Gasteiger partial charge is 0.334 e. The van der Waals surface area contributed by atoms with Crippen LogP contribution in [0.1, 0.15) is 44.3 Å². The van der Waals surface area contributed by atoms with Crippen LogP contribution in [0.25, 0.3) is 0 Å². The van der Waals surface area contributed by atoms with Gasteiger partial charge in [-0.05, 0) is 38.5 Å². The molecule has 1 N–H and O–H groups in total. The molecule has 1 aromatic rings. The summed E-state index contributed by atoms with van der Waals surface area (Å²) in [5.74, 6) is 2.10. The summed E-state index contributed by atoms with van der Waals surface area (Å²) in [5, 5.41) is 3.94. The molecule has 3 aliphatic rings.